The van der Waals surface area contributed by atoms with E-state index in [2.05, 4.69) is 10.6 Å². The quantitative estimate of drug-likeness (QED) is 0.671. The number of carboxylic acid groups (broad SMARTS) is 1. The third-order valence-electron chi connectivity index (χ3n) is 2.85. The lowest BCUT2D eigenvalue weighted by atomic mass is 10.2. The van der Waals surface area contributed by atoms with Crippen LogP contribution in [0.4, 0.5) is 4.79 Å². The Morgan fingerprint density at radius 1 is 1.43 bits per heavy atom. The summed E-state index contributed by atoms with van der Waals surface area (Å²) in [5, 5.41) is 13.5. The minimum Gasteiger partial charge on any atom is -0.480 e. The molecule has 21 heavy (non-hydrogen) atoms. The van der Waals surface area contributed by atoms with Crippen LogP contribution in [0.15, 0.2) is 22.8 Å². The van der Waals surface area contributed by atoms with Crippen molar-refractivity contribution >= 4 is 17.9 Å². The number of hydrogen-bond acceptors (Lipinski definition) is 5. The van der Waals surface area contributed by atoms with Crippen molar-refractivity contribution in [3.8, 4) is 0 Å². The number of carbonyl (C=O) groups is 3. The Labute approximate surface area is 122 Å². The maximum Gasteiger partial charge on any atom is 0.321 e. The van der Waals surface area contributed by atoms with Crippen molar-refractivity contribution < 1.29 is 23.9 Å². The molecular weight excluding hydrogens is 278 g/mol. The van der Waals surface area contributed by atoms with Gasteiger partial charge in [-0.2, -0.15) is 0 Å². The summed E-state index contributed by atoms with van der Waals surface area (Å²) in [7, 11) is 1.52. The Bertz CT molecular complexity index is 486. The largest absolute Gasteiger partial charge is 0.480 e. The summed E-state index contributed by atoms with van der Waals surface area (Å²) < 4.78 is 5.02. The minimum absolute atomic E-state index is 0.161. The number of hydrogen-bond donors (Lipinski definition) is 3. The summed E-state index contributed by atoms with van der Waals surface area (Å²) in [6.07, 6.45) is 1.84. The first-order chi connectivity index (χ1) is 9.93. The Hall–Kier alpha value is -2.35. The maximum atomic E-state index is 11.6. The molecule has 1 heterocycles. The van der Waals surface area contributed by atoms with E-state index < -0.39 is 23.9 Å². The molecule has 0 saturated heterocycles. The molecule has 3 amide bonds. The molecular formula is C13H19N3O5. The molecule has 1 aromatic rings. The van der Waals surface area contributed by atoms with Crippen LogP contribution in [0.5, 0.6) is 0 Å². The Morgan fingerprint density at radius 3 is 2.67 bits per heavy atom. The molecule has 8 heteroatoms. The van der Waals surface area contributed by atoms with Gasteiger partial charge in [-0.1, -0.05) is 6.92 Å². The second-order valence-electron chi connectivity index (χ2n) is 4.49. The number of carbonyl (C=O) groups excluding carboxylic acids is 2. The molecule has 1 atom stereocenters. The number of nitrogens with one attached hydrogen (secondary N) is 2. The summed E-state index contributed by atoms with van der Waals surface area (Å²) in [5.41, 5.74) is 0. The molecule has 0 saturated carbocycles. The molecule has 1 unspecified atom stereocenters. The van der Waals surface area contributed by atoms with E-state index in [1.54, 1.807) is 19.1 Å². The van der Waals surface area contributed by atoms with Gasteiger partial charge in [-0.15, -0.1) is 0 Å². The summed E-state index contributed by atoms with van der Waals surface area (Å²) in [4.78, 5) is 35.4. The molecule has 0 radical (unpaired) electrons. The maximum absolute atomic E-state index is 11.6. The van der Waals surface area contributed by atoms with Crippen molar-refractivity contribution in [1.29, 1.82) is 0 Å². The van der Waals surface area contributed by atoms with E-state index in [1.165, 1.54) is 18.2 Å². The van der Waals surface area contributed by atoms with Crippen LogP contribution in [0.3, 0.4) is 0 Å². The lowest BCUT2D eigenvalue weighted by Gasteiger charge is -2.22. The van der Waals surface area contributed by atoms with E-state index >= 15 is 0 Å². The van der Waals surface area contributed by atoms with Crippen LogP contribution < -0.4 is 10.6 Å². The highest BCUT2D eigenvalue weighted by Gasteiger charge is 2.22. The van der Waals surface area contributed by atoms with E-state index in [0.717, 1.165) is 0 Å². The fraction of sp³-hybridized carbons (Fsp3) is 0.462. The number of amides is 3. The third kappa shape index (κ3) is 5.65. The second kappa shape index (κ2) is 8.05. The number of imide groups is 1. The number of rotatable bonds is 7. The van der Waals surface area contributed by atoms with E-state index in [4.69, 9.17) is 9.52 Å². The fourth-order valence-electron chi connectivity index (χ4n) is 1.80. The van der Waals surface area contributed by atoms with Crippen LogP contribution in [-0.4, -0.2) is 47.5 Å². The van der Waals surface area contributed by atoms with Gasteiger partial charge >= 0.3 is 12.0 Å². The Kier molecular flexibility index (Phi) is 6.41. The smallest absolute Gasteiger partial charge is 0.321 e. The zero-order valence-electron chi connectivity index (χ0n) is 12.0. The number of urea groups is 1. The van der Waals surface area contributed by atoms with E-state index in [1.807, 2.05) is 0 Å². The average molecular weight is 297 g/mol. The molecule has 1 rings (SSSR count). The van der Waals surface area contributed by atoms with Crippen molar-refractivity contribution in [2.45, 2.75) is 25.9 Å². The zero-order chi connectivity index (χ0) is 15.8. The first-order valence-corrected chi connectivity index (χ1v) is 6.47. The zero-order valence-corrected chi connectivity index (χ0v) is 12.0. The predicted molar refractivity (Wildman–Crippen MR) is 73.4 cm³/mol. The van der Waals surface area contributed by atoms with Gasteiger partial charge in [0.05, 0.1) is 19.4 Å². The monoisotopic (exact) mass is 297 g/mol. The molecule has 0 aromatic carbocycles. The number of likely N-dealkylation sites (N-methyl/N-ethyl adjacent to an activating group) is 1. The van der Waals surface area contributed by atoms with Crippen LogP contribution in [0.1, 0.15) is 19.1 Å². The first-order valence-electron chi connectivity index (χ1n) is 6.47. The summed E-state index contributed by atoms with van der Waals surface area (Å²) in [6, 6.07) is 1.95. The lowest BCUT2D eigenvalue weighted by molar-refractivity contribution is -0.143. The van der Waals surface area contributed by atoms with Gasteiger partial charge < -0.3 is 14.8 Å². The normalized spacial score (nSPS) is 12.0. The van der Waals surface area contributed by atoms with Crippen LogP contribution >= 0.6 is 0 Å². The summed E-state index contributed by atoms with van der Waals surface area (Å²) >= 11 is 0. The second-order valence-corrected chi connectivity index (χ2v) is 4.49. The standard InChI is InChI=1S/C13H19N3O5/c1-3-10(12(18)19)16(2)8-11(17)15-13(20)14-7-9-5-4-6-21-9/h4-6,10H,3,7-8H2,1-2H3,(H,18,19)(H2,14,15,17,20). The minimum atomic E-state index is -1.00. The van der Waals surface area contributed by atoms with E-state index in [9.17, 15) is 14.4 Å². The van der Waals surface area contributed by atoms with Gasteiger partial charge in [-0.25, -0.2) is 4.79 Å². The SMILES string of the molecule is CCC(C(=O)O)N(C)CC(=O)NC(=O)NCc1ccco1. The molecule has 0 aliphatic carbocycles. The number of carboxylic acids is 1. The Balaban J connectivity index is 2.35. The summed E-state index contributed by atoms with van der Waals surface area (Å²) in [6.45, 7) is 1.69. The molecule has 116 valence electrons. The molecule has 8 nitrogen and oxygen atoms in total. The molecule has 0 spiro atoms. The molecule has 0 aliphatic heterocycles. The number of aliphatic carboxylic acids is 1. The van der Waals surface area contributed by atoms with Gasteiger partial charge in [0.1, 0.15) is 11.8 Å². The highest BCUT2D eigenvalue weighted by atomic mass is 16.4. The van der Waals surface area contributed by atoms with Crippen LogP contribution in [-0.2, 0) is 16.1 Å². The third-order valence-corrected chi connectivity index (χ3v) is 2.85. The van der Waals surface area contributed by atoms with Crippen molar-refractivity contribution in [2.24, 2.45) is 0 Å². The van der Waals surface area contributed by atoms with Crippen molar-refractivity contribution in [3.05, 3.63) is 24.2 Å². The van der Waals surface area contributed by atoms with Crippen molar-refractivity contribution in [1.82, 2.24) is 15.5 Å². The van der Waals surface area contributed by atoms with E-state index in [-0.39, 0.29) is 13.1 Å². The van der Waals surface area contributed by atoms with Crippen LogP contribution in [0.25, 0.3) is 0 Å². The highest BCUT2D eigenvalue weighted by molar-refractivity contribution is 5.95. The topological polar surface area (TPSA) is 112 Å². The fourth-order valence-corrected chi connectivity index (χ4v) is 1.80. The van der Waals surface area contributed by atoms with Gasteiger partial charge in [0.15, 0.2) is 0 Å². The molecule has 0 fully saturated rings. The van der Waals surface area contributed by atoms with Gasteiger partial charge in [0.2, 0.25) is 5.91 Å². The summed E-state index contributed by atoms with van der Waals surface area (Å²) in [5.74, 6) is -1.02. The Morgan fingerprint density at radius 2 is 2.14 bits per heavy atom. The van der Waals surface area contributed by atoms with Gasteiger partial charge in [0, 0.05) is 0 Å². The van der Waals surface area contributed by atoms with Gasteiger partial charge in [-0.05, 0) is 25.6 Å². The molecule has 0 aliphatic rings. The number of nitrogens with zero attached hydrogens (tertiary/aromatic N) is 1. The van der Waals surface area contributed by atoms with Crippen molar-refractivity contribution in [2.75, 3.05) is 13.6 Å². The highest BCUT2D eigenvalue weighted by Crippen LogP contribution is 2.01. The lowest BCUT2D eigenvalue weighted by Crippen LogP contribution is -2.47. The van der Waals surface area contributed by atoms with Crippen LogP contribution in [0.2, 0.25) is 0 Å². The molecule has 1 aromatic heterocycles. The molecule has 0 bridgehead atoms. The predicted octanol–water partition coefficient (Wildman–Crippen LogP) is 0.400. The average Bonchev–Trinajstić information content (AvgIpc) is 2.89. The van der Waals surface area contributed by atoms with Crippen LogP contribution in [0, 0.1) is 0 Å². The van der Waals surface area contributed by atoms with Gasteiger partial charge in [0.25, 0.3) is 0 Å². The van der Waals surface area contributed by atoms with Gasteiger partial charge in [-0.3, -0.25) is 19.8 Å². The van der Waals surface area contributed by atoms with Crippen molar-refractivity contribution in [3.63, 3.8) is 0 Å². The number of furan rings is 1. The first kappa shape index (κ1) is 16.7. The van der Waals surface area contributed by atoms with E-state index in [0.29, 0.717) is 12.2 Å². The molecule has 3 N–H and O–H groups in total.